The van der Waals surface area contributed by atoms with Gasteiger partial charge in [0.05, 0.1) is 11.1 Å². The van der Waals surface area contributed by atoms with E-state index in [0.29, 0.717) is 0 Å². The number of anilines is 1. The molecule has 1 heterocycles. The van der Waals surface area contributed by atoms with Gasteiger partial charge in [-0.25, -0.2) is 13.2 Å². The highest BCUT2D eigenvalue weighted by Crippen LogP contribution is 2.20. The van der Waals surface area contributed by atoms with Crippen LogP contribution in [0.3, 0.4) is 0 Å². The van der Waals surface area contributed by atoms with Gasteiger partial charge in [-0.2, -0.15) is 5.10 Å². The number of carbonyl (C=O) groups is 1. The van der Waals surface area contributed by atoms with Crippen LogP contribution in [0.25, 0.3) is 0 Å². The van der Waals surface area contributed by atoms with E-state index in [-0.39, 0.29) is 16.3 Å². The number of rotatable bonds is 4. The molecule has 106 valence electrons. The molecule has 0 saturated carbocycles. The second-order valence-corrected chi connectivity index (χ2v) is 6.82. The van der Waals surface area contributed by atoms with Crippen molar-refractivity contribution in [2.45, 2.75) is 4.90 Å². The van der Waals surface area contributed by atoms with Gasteiger partial charge in [-0.3, -0.25) is 9.40 Å². The van der Waals surface area contributed by atoms with Crippen molar-refractivity contribution in [3.63, 3.8) is 0 Å². The standard InChI is InChI=1S/C11H10IN3O4S/c1-15-10(9(6-13-15)11(16)17)14-20(18,19)8-4-2-7(12)3-5-8/h2-6,14H,1H3,(H,16,17). The Balaban J connectivity index is 2.41. The molecule has 2 N–H and O–H groups in total. The highest BCUT2D eigenvalue weighted by atomic mass is 127. The van der Waals surface area contributed by atoms with Crippen molar-refractivity contribution in [1.82, 2.24) is 9.78 Å². The zero-order valence-electron chi connectivity index (χ0n) is 10.2. The Morgan fingerprint density at radius 1 is 1.35 bits per heavy atom. The molecule has 2 rings (SSSR count). The van der Waals surface area contributed by atoms with Crippen molar-refractivity contribution in [2.75, 3.05) is 4.72 Å². The molecule has 0 radical (unpaired) electrons. The number of nitrogens with one attached hydrogen (secondary N) is 1. The maximum Gasteiger partial charge on any atom is 0.341 e. The van der Waals surface area contributed by atoms with Crippen molar-refractivity contribution in [3.05, 3.63) is 39.6 Å². The van der Waals surface area contributed by atoms with Crippen LogP contribution in [0.15, 0.2) is 35.4 Å². The molecule has 0 bridgehead atoms. The van der Waals surface area contributed by atoms with Crippen LogP contribution in [0.2, 0.25) is 0 Å². The highest BCUT2D eigenvalue weighted by molar-refractivity contribution is 14.1. The van der Waals surface area contributed by atoms with Gasteiger partial charge >= 0.3 is 5.97 Å². The lowest BCUT2D eigenvalue weighted by Gasteiger charge is -2.09. The van der Waals surface area contributed by atoms with E-state index in [9.17, 15) is 13.2 Å². The van der Waals surface area contributed by atoms with Gasteiger partial charge in [-0.15, -0.1) is 0 Å². The Morgan fingerprint density at radius 2 is 1.95 bits per heavy atom. The van der Waals surface area contributed by atoms with Crippen molar-refractivity contribution in [3.8, 4) is 0 Å². The zero-order chi connectivity index (χ0) is 14.9. The Kier molecular flexibility index (Phi) is 3.99. The van der Waals surface area contributed by atoms with Crippen LogP contribution >= 0.6 is 22.6 Å². The van der Waals surface area contributed by atoms with Crippen LogP contribution in [-0.2, 0) is 17.1 Å². The molecule has 7 nitrogen and oxygen atoms in total. The maximum absolute atomic E-state index is 12.2. The van der Waals surface area contributed by atoms with Crippen molar-refractivity contribution >= 4 is 44.4 Å². The molecule has 0 atom stereocenters. The molecule has 2 aromatic rings. The third-order valence-corrected chi connectivity index (χ3v) is 4.60. The number of hydrogen-bond donors (Lipinski definition) is 2. The second kappa shape index (κ2) is 5.40. The monoisotopic (exact) mass is 407 g/mol. The minimum atomic E-state index is -3.86. The number of aryl methyl sites for hydroxylation is 1. The zero-order valence-corrected chi connectivity index (χ0v) is 13.2. The Hall–Kier alpha value is -1.62. The summed E-state index contributed by atoms with van der Waals surface area (Å²) in [5.74, 6) is -1.34. The van der Waals surface area contributed by atoms with E-state index in [1.54, 1.807) is 12.1 Å². The Bertz CT molecular complexity index is 752. The molecule has 0 aliphatic heterocycles. The fourth-order valence-electron chi connectivity index (χ4n) is 1.52. The van der Waals surface area contributed by atoms with Crippen LogP contribution in [-0.4, -0.2) is 29.3 Å². The smallest absolute Gasteiger partial charge is 0.341 e. The van der Waals surface area contributed by atoms with E-state index in [2.05, 4.69) is 32.4 Å². The summed E-state index contributed by atoms with van der Waals surface area (Å²) < 4.78 is 28.7. The first-order chi connectivity index (χ1) is 9.31. The number of halogens is 1. The first kappa shape index (κ1) is 14.8. The molecule has 1 aromatic heterocycles. The van der Waals surface area contributed by atoms with Crippen LogP contribution < -0.4 is 4.72 Å². The molecule has 0 aliphatic carbocycles. The van der Waals surface area contributed by atoms with Crippen molar-refractivity contribution < 1.29 is 18.3 Å². The third-order valence-electron chi connectivity index (χ3n) is 2.52. The van der Waals surface area contributed by atoms with Gasteiger partial charge < -0.3 is 5.11 Å². The average Bonchev–Trinajstić information content (AvgIpc) is 2.71. The Labute approximate surface area is 128 Å². The summed E-state index contributed by atoms with van der Waals surface area (Å²) in [6.07, 6.45) is 1.09. The van der Waals surface area contributed by atoms with Crippen LogP contribution in [0, 0.1) is 3.57 Å². The summed E-state index contributed by atoms with van der Waals surface area (Å²) in [6.45, 7) is 0. The SMILES string of the molecule is Cn1ncc(C(=O)O)c1NS(=O)(=O)c1ccc(I)cc1. The number of nitrogens with zero attached hydrogens (tertiary/aromatic N) is 2. The maximum atomic E-state index is 12.2. The van der Waals surface area contributed by atoms with Gasteiger partial charge in [0.15, 0.2) is 5.82 Å². The fourth-order valence-corrected chi connectivity index (χ4v) is 2.98. The minimum Gasteiger partial charge on any atom is -0.477 e. The lowest BCUT2D eigenvalue weighted by atomic mass is 10.3. The second-order valence-electron chi connectivity index (χ2n) is 3.90. The van der Waals surface area contributed by atoms with E-state index in [0.717, 1.165) is 14.4 Å². The number of aromatic nitrogens is 2. The summed E-state index contributed by atoms with van der Waals surface area (Å²) in [5.41, 5.74) is -0.207. The fraction of sp³-hybridized carbons (Fsp3) is 0.0909. The molecule has 0 aliphatic rings. The number of carboxylic acids is 1. The van der Waals surface area contributed by atoms with E-state index >= 15 is 0 Å². The van der Waals surface area contributed by atoms with E-state index in [1.165, 1.54) is 19.2 Å². The van der Waals surface area contributed by atoms with Gasteiger partial charge in [-0.1, -0.05) is 0 Å². The van der Waals surface area contributed by atoms with Crippen LogP contribution in [0.1, 0.15) is 10.4 Å². The number of carboxylic acid groups (broad SMARTS) is 1. The lowest BCUT2D eigenvalue weighted by Crippen LogP contribution is -2.17. The molecule has 0 unspecified atom stereocenters. The van der Waals surface area contributed by atoms with E-state index in [1.807, 2.05) is 0 Å². The number of sulfonamides is 1. The van der Waals surface area contributed by atoms with Crippen LogP contribution in [0.5, 0.6) is 0 Å². The number of hydrogen-bond acceptors (Lipinski definition) is 4. The molecule has 0 amide bonds. The Morgan fingerprint density at radius 3 is 2.50 bits per heavy atom. The van der Waals surface area contributed by atoms with E-state index in [4.69, 9.17) is 5.11 Å². The number of aromatic carboxylic acids is 1. The van der Waals surface area contributed by atoms with Gasteiger partial charge in [0.1, 0.15) is 5.56 Å². The highest BCUT2D eigenvalue weighted by Gasteiger charge is 2.21. The normalized spacial score (nSPS) is 11.3. The largest absolute Gasteiger partial charge is 0.477 e. The first-order valence-electron chi connectivity index (χ1n) is 5.35. The minimum absolute atomic E-state index is 0.0513. The van der Waals surface area contributed by atoms with Gasteiger partial charge in [0.25, 0.3) is 10.0 Å². The molecule has 0 saturated heterocycles. The predicted octanol–water partition coefficient (Wildman–Crippen LogP) is 1.52. The van der Waals surface area contributed by atoms with Gasteiger partial charge in [0, 0.05) is 10.6 Å². The molecule has 9 heteroatoms. The molecule has 0 fully saturated rings. The molecule has 1 aromatic carbocycles. The summed E-state index contributed by atoms with van der Waals surface area (Å²) in [6, 6.07) is 6.19. The van der Waals surface area contributed by atoms with Gasteiger partial charge in [-0.05, 0) is 46.9 Å². The van der Waals surface area contributed by atoms with Gasteiger partial charge in [0.2, 0.25) is 0 Å². The quantitative estimate of drug-likeness (QED) is 0.749. The van der Waals surface area contributed by atoms with Crippen molar-refractivity contribution in [1.29, 1.82) is 0 Å². The molecular weight excluding hydrogens is 397 g/mol. The molecular formula is C11H10IN3O4S. The third kappa shape index (κ3) is 2.93. The average molecular weight is 407 g/mol. The van der Waals surface area contributed by atoms with Crippen LogP contribution in [0.4, 0.5) is 5.82 Å². The first-order valence-corrected chi connectivity index (χ1v) is 7.91. The van der Waals surface area contributed by atoms with Crippen molar-refractivity contribution in [2.24, 2.45) is 7.05 Å². The number of benzene rings is 1. The summed E-state index contributed by atoms with van der Waals surface area (Å²) in [7, 11) is -2.40. The summed E-state index contributed by atoms with van der Waals surface area (Å²) >= 11 is 2.06. The summed E-state index contributed by atoms with van der Waals surface area (Å²) in [4.78, 5) is 11.1. The molecule has 20 heavy (non-hydrogen) atoms. The van der Waals surface area contributed by atoms with E-state index < -0.39 is 16.0 Å². The predicted molar refractivity (Wildman–Crippen MR) is 80.1 cm³/mol. The molecule has 0 spiro atoms. The topological polar surface area (TPSA) is 101 Å². The summed E-state index contributed by atoms with van der Waals surface area (Å²) in [5, 5.41) is 12.7. The lowest BCUT2D eigenvalue weighted by molar-refractivity contribution is 0.0698.